The van der Waals surface area contributed by atoms with Crippen LogP contribution in [-0.4, -0.2) is 36.5 Å². The molecule has 0 N–H and O–H groups in total. The standard InChI is InChI=1S/C15H16BrNO3/c1-20-15(19)13-3-2-10-17(13)14(18)9-6-11-4-7-12(16)8-5-11/h4-9,13H,2-3,10H2,1H3/b9-6+. The summed E-state index contributed by atoms with van der Waals surface area (Å²) in [5.74, 6) is -0.492. The Bertz CT molecular complexity index is 524. The maximum Gasteiger partial charge on any atom is 0.328 e. The fraction of sp³-hybridized carbons (Fsp3) is 0.333. The highest BCUT2D eigenvalue weighted by Crippen LogP contribution is 2.19. The zero-order chi connectivity index (χ0) is 14.5. The number of carbonyl (C=O) groups excluding carboxylic acids is 2. The first-order valence-electron chi connectivity index (χ1n) is 6.44. The van der Waals surface area contributed by atoms with E-state index in [-0.39, 0.29) is 11.9 Å². The van der Waals surface area contributed by atoms with Crippen LogP contribution in [0.3, 0.4) is 0 Å². The van der Waals surface area contributed by atoms with Crippen LogP contribution in [0, 0.1) is 0 Å². The summed E-state index contributed by atoms with van der Waals surface area (Å²) in [6.45, 7) is 0.600. The molecule has 1 aromatic carbocycles. The summed E-state index contributed by atoms with van der Waals surface area (Å²) in [5.41, 5.74) is 0.940. The molecule has 1 heterocycles. The lowest BCUT2D eigenvalue weighted by Crippen LogP contribution is -2.40. The van der Waals surface area contributed by atoms with Gasteiger partial charge >= 0.3 is 5.97 Å². The average Bonchev–Trinajstić information content (AvgIpc) is 2.95. The highest BCUT2D eigenvalue weighted by Gasteiger charge is 2.33. The van der Waals surface area contributed by atoms with Gasteiger partial charge in [0, 0.05) is 17.1 Å². The molecular weight excluding hydrogens is 322 g/mol. The molecule has 1 saturated heterocycles. The Kier molecular flexibility index (Phi) is 4.95. The van der Waals surface area contributed by atoms with E-state index in [0.29, 0.717) is 13.0 Å². The number of hydrogen-bond acceptors (Lipinski definition) is 3. The molecule has 1 fully saturated rings. The van der Waals surface area contributed by atoms with Gasteiger partial charge in [-0.15, -0.1) is 0 Å². The molecule has 4 nitrogen and oxygen atoms in total. The zero-order valence-corrected chi connectivity index (χ0v) is 12.8. The number of ether oxygens (including phenoxy) is 1. The Morgan fingerprint density at radius 2 is 2.05 bits per heavy atom. The van der Waals surface area contributed by atoms with E-state index in [4.69, 9.17) is 4.74 Å². The summed E-state index contributed by atoms with van der Waals surface area (Å²) in [5, 5.41) is 0. The molecule has 0 saturated carbocycles. The number of hydrogen-bond donors (Lipinski definition) is 0. The Hall–Kier alpha value is -1.62. The zero-order valence-electron chi connectivity index (χ0n) is 11.2. The van der Waals surface area contributed by atoms with Gasteiger partial charge in [-0.3, -0.25) is 4.79 Å². The lowest BCUT2D eigenvalue weighted by molar-refractivity contribution is -0.149. The lowest BCUT2D eigenvalue weighted by Gasteiger charge is -2.20. The molecule has 0 radical (unpaired) electrons. The molecule has 1 aromatic rings. The van der Waals surface area contributed by atoms with Crippen molar-refractivity contribution in [2.45, 2.75) is 18.9 Å². The van der Waals surface area contributed by atoms with Gasteiger partial charge < -0.3 is 9.64 Å². The number of esters is 1. The second-order valence-electron chi connectivity index (χ2n) is 4.60. The highest BCUT2D eigenvalue weighted by molar-refractivity contribution is 9.10. The van der Waals surface area contributed by atoms with E-state index in [1.165, 1.54) is 13.2 Å². The minimum Gasteiger partial charge on any atom is -0.467 e. The van der Waals surface area contributed by atoms with Gasteiger partial charge in [-0.1, -0.05) is 28.1 Å². The minimum absolute atomic E-state index is 0.152. The molecule has 106 valence electrons. The van der Waals surface area contributed by atoms with Crippen molar-refractivity contribution in [1.29, 1.82) is 0 Å². The van der Waals surface area contributed by atoms with Gasteiger partial charge in [-0.2, -0.15) is 0 Å². The molecule has 5 heteroatoms. The SMILES string of the molecule is COC(=O)C1CCCN1C(=O)/C=C/c1ccc(Br)cc1. The molecule has 0 bridgehead atoms. The second kappa shape index (κ2) is 6.70. The van der Waals surface area contributed by atoms with Crippen LogP contribution < -0.4 is 0 Å². The predicted molar refractivity (Wildman–Crippen MR) is 79.9 cm³/mol. The predicted octanol–water partition coefficient (Wildman–Crippen LogP) is 2.63. The van der Waals surface area contributed by atoms with E-state index in [1.54, 1.807) is 11.0 Å². The summed E-state index contributed by atoms with van der Waals surface area (Å²) in [6, 6.07) is 7.21. The number of methoxy groups -OCH3 is 1. The van der Waals surface area contributed by atoms with Crippen molar-refractivity contribution in [2.24, 2.45) is 0 Å². The minimum atomic E-state index is -0.443. The fourth-order valence-corrected chi connectivity index (χ4v) is 2.51. The highest BCUT2D eigenvalue weighted by atomic mass is 79.9. The summed E-state index contributed by atoms with van der Waals surface area (Å²) >= 11 is 3.36. The van der Waals surface area contributed by atoms with E-state index in [1.807, 2.05) is 24.3 Å². The van der Waals surface area contributed by atoms with Crippen molar-refractivity contribution < 1.29 is 14.3 Å². The third-order valence-electron chi connectivity index (χ3n) is 3.30. The van der Waals surface area contributed by atoms with Crippen molar-refractivity contribution in [3.63, 3.8) is 0 Å². The Labute approximate surface area is 126 Å². The van der Waals surface area contributed by atoms with Crippen LogP contribution in [0.5, 0.6) is 0 Å². The van der Waals surface area contributed by atoms with Crippen molar-refractivity contribution in [1.82, 2.24) is 4.90 Å². The van der Waals surface area contributed by atoms with Gasteiger partial charge in [0.2, 0.25) is 5.91 Å². The average molecular weight is 338 g/mol. The van der Waals surface area contributed by atoms with Gasteiger partial charge in [0.05, 0.1) is 7.11 Å². The molecular formula is C15H16BrNO3. The number of carbonyl (C=O) groups is 2. The van der Waals surface area contributed by atoms with E-state index in [0.717, 1.165) is 16.5 Å². The number of benzene rings is 1. The first kappa shape index (κ1) is 14.8. The van der Waals surface area contributed by atoms with E-state index in [2.05, 4.69) is 15.9 Å². The van der Waals surface area contributed by atoms with E-state index < -0.39 is 6.04 Å². The van der Waals surface area contributed by atoms with Gasteiger partial charge in [0.15, 0.2) is 0 Å². The summed E-state index contributed by atoms with van der Waals surface area (Å²) in [4.78, 5) is 25.3. The Morgan fingerprint density at radius 1 is 1.35 bits per heavy atom. The smallest absolute Gasteiger partial charge is 0.328 e. The lowest BCUT2D eigenvalue weighted by atomic mass is 10.2. The number of nitrogens with zero attached hydrogens (tertiary/aromatic N) is 1. The number of amides is 1. The normalized spacial score (nSPS) is 18.5. The third-order valence-corrected chi connectivity index (χ3v) is 3.83. The van der Waals surface area contributed by atoms with E-state index in [9.17, 15) is 9.59 Å². The topological polar surface area (TPSA) is 46.6 Å². The summed E-state index contributed by atoms with van der Waals surface area (Å²) in [7, 11) is 1.35. The number of rotatable bonds is 3. The first-order valence-corrected chi connectivity index (χ1v) is 7.23. The van der Waals surface area contributed by atoms with Crippen LogP contribution in [0.4, 0.5) is 0 Å². The van der Waals surface area contributed by atoms with Crippen molar-refractivity contribution in [3.05, 3.63) is 40.4 Å². The summed E-state index contributed by atoms with van der Waals surface area (Å²) < 4.78 is 5.72. The van der Waals surface area contributed by atoms with Crippen LogP contribution in [0.2, 0.25) is 0 Å². The maximum atomic E-state index is 12.1. The molecule has 2 rings (SSSR count). The molecule has 0 aliphatic carbocycles. The van der Waals surface area contributed by atoms with Crippen LogP contribution in [0.15, 0.2) is 34.8 Å². The molecule has 0 aromatic heterocycles. The van der Waals surface area contributed by atoms with Crippen molar-refractivity contribution >= 4 is 33.9 Å². The van der Waals surface area contributed by atoms with Gasteiger partial charge in [-0.05, 0) is 36.6 Å². The third kappa shape index (κ3) is 3.48. The molecule has 1 amide bonds. The molecule has 1 atom stereocenters. The Balaban J connectivity index is 2.04. The molecule has 0 spiro atoms. The monoisotopic (exact) mass is 337 g/mol. The maximum absolute atomic E-state index is 12.1. The van der Waals surface area contributed by atoms with Gasteiger partial charge in [0.25, 0.3) is 0 Å². The van der Waals surface area contributed by atoms with Crippen LogP contribution in [-0.2, 0) is 14.3 Å². The molecule has 1 aliphatic heterocycles. The molecule has 1 unspecified atom stereocenters. The van der Waals surface area contributed by atoms with Crippen LogP contribution in [0.25, 0.3) is 6.08 Å². The fourth-order valence-electron chi connectivity index (χ4n) is 2.25. The molecule has 20 heavy (non-hydrogen) atoms. The summed E-state index contributed by atoms with van der Waals surface area (Å²) in [6.07, 6.45) is 4.76. The number of likely N-dealkylation sites (tertiary alicyclic amines) is 1. The number of halogens is 1. The largest absolute Gasteiger partial charge is 0.467 e. The Morgan fingerprint density at radius 3 is 2.70 bits per heavy atom. The molecule has 1 aliphatic rings. The quantitative estimate of drug-likeness (QED) is 0.629. The van der Waals surface area contributed by atoms with Crippen molar-refractivity contribution in [2.75, 3.05) is 13.7 Å². The van der Waals surface area contributed by atoms with Gasteiger partial charge in [0.1, 0.15) is 6.04 Å². The van der Waals surface area contributed by atoms with Crippen LogP contribution >= 0.6 is 15.9 Å². The second-order valence-corrected chi connectivity index (χ2v) is 5.51. The van der Waals surface area contributed by atoms with E-state index >= 15 is 0 Å². The van der Waals surface area contributed by atoms with Crippen molar-refractivity contribution in [3.8, 4) is 0 Å². The van der Waals surface area contributed by atoms with Gasteiger partial charge in [-0.25, -0.2) is 4.79 Å². The first-order chi connectivity index (χ1) is 9.61. The van der Waals surface area contributed by atoms with Crippen LogP contribution in [0.1, 0.15) is 18.4 Å².